The van der Waals surface area contributed by atoms with Crippen LogP contribution in [0.1, 0.15) is 18.9 Å². The SMILES string of the molecule is COCC(=O)Nc1cccc(-n2c(=O)n(C3CC3)c(=O)c3c(Nc4ccc(Br)cc4F)cc(=O)n(C)c32)c1. The van der Waals surface area contributed by atoms with Gasteiger partial charge in [-0.2, -0.15) is 0 Å². The van der Waals surface area contributed by atoms with Gasteiger partial charge in [-0.3, -0.25) is 23.5 Å². The molecule has 1 saturated carbocycles. The van der Waals surface area contributed by atoms with E-state index in [0.717, 1.165) is 0 Å². The topological polar surface area (TPSA) is 116 Å². The largest absolute Gasteiger partial charge is 0.375 e. The molecule has 0 bridgehead atoms. The van der Waals surface area contributed by atoms with Crippen LogP contribution >= 0.6 is 15.9 Å². The molecule has 1 aliphatic rings. The number of carbonyl (C=O) groups is 1. The maximum atomic E-state index is 14.7. The maximum absolute atomic E-state index is 14.7. The molecule has 4 aromatic rings. The predicted octanol–water partition coefficient (Wildman–Crippen LogP) is 3.42. The first kappa shape index (κ1) is 25.6. The van der Waals surface area contributed by atoms with Crippen molar-refractivity contribution in [1.29, 1.82) is 0 Å². The zero-order chi connectivity index (χ0) is 27.1. The van der Waals surface area contributed by atoms with Crippen LogP contribution < -0.4 is 27.4 Å². The van der Waals surface area contributed by atoms with Crippen molar-refractivity contribution in [2.24, 2.45) is 7.05 Å². The molecule has 0 unspecified atom stereocenters. The molecular weight excluding hydrogens is 561 g/mol. The first-order chi connectivity index (χ1) is 18.2. The third kappa shape index (κ3) is 4.68. The highest BCUT2D eigenvalue weighted by atomic mass is 79.9. The lowest BCUT2D eigenvalue weighted by Gasteiger charge is -2.19. The Bertz CT molecular complexity index is 1770. The number of methoxy groups -OCH3 is 1. The number of fused-ring (bicyclic) bond motifs is 1. The molecular formula is C26H23BrFN5O5. The smallest absolute Gasteiger partial charge is 0.337 e. The highest BCUT2D eigenvalue weighted by Gasteiger charge is 2.31. The number of hydrogen-bond donors (Lipinski definition) is 2. The molecule has 1 aliphatic carbocycles. The summed E-state index contributed by atoms with van der Waals surface area (Å²) in [4.78, 5) is 52.6. The van der Waals surface area contributed by atoms with Gasteiger partial charge in [-0.1, -0.05) is 22.0 Å². The van der Waals surface area contributed by atoms with Crippen molar-refractivity contribution in [2.75, 3.05) is 24.4 Å². The standard InChI is InChI=1S/C26H23BrFN5O5/c1-31-22(35)12-20(30-19-9-6-14(27)10-18(19)28)23-24(31)32(26(37)33(25(23)36)16-7-8-16)17-5-3-4-15(11-17)29-21(34)13-38-2/h3-6,9-12,16,30H,7-8,13H2,1-2H3,(H,29,34). The minimum atomic E-state index is -0.618. The van der Waals surface area contributed by atoms with Crippen LogP contribution in [0.4, 0.5) is 21.5 Å². The normalized spacial score (nSPS) is 13.1. The molecule has 38 heavy (non-hydrogen) atoms. The van der Waals surface area contributed by atoms with Crippen molar-refractivity contribution in [3.63, 3.8) is 0 Å². The van der Waals surface area contributed by atoms with Gasteiger partial charge in [0.25, 0.3) is 11.1 Å². The summed E-state index contributed by atoms with van der Waals surface area (Å²) in [5, 5.41) is 5.62. The second-order valence-electron chi connectivity index (χ2n) is 8.96. The molecule has 2 N–H and O–H groups in total. The van der Waals surface area contributed by atoms with E-state index in [1.807, 2.05) is 0 Å². The molecule has 0 radical (unpaired) electrons. The second-order valence-corrected chi connectivity index (χ2v) is 9.87. The summed E-state index contributed by atoms with van der Waals surface area (Å²) in [6.07, 6.45) is 1.31. The average Bonchev–Trinajstić information content (AvgIpc) is 3.69. The molecule has 0 spiro atoms. The molecule has 0 atom stereocenters. The number of rotatable bonds is 7. The van der Waals surface area contributed by atoms with E-state index >= 15 is 0 Å². The number of hydrogen-bond acceptors (Lipinski definition) is 6. The number of anilines is 3. The lowest BCUT2D eigenvalue weighted by Crippen LogP contribution is -2.41. The zero-order valence-electron chi connectivity index (χ0n) is 20.5. The monoisotopic (exact) mass is 583 g/mol. The molecule has 1 fully saturated rings. The fourth-order valence-corrected chi connectivity index (χ4v) is 4.67. The van der Waals surface area contributed by atoms with E-state index in [1.165, 1.54) is 46.1 Å². The summed E-state index contributed by atoms with van der Waals surface area (Å²) in [5.41, 5.74) is -0.834. The van der Waals surface area contributed by atoms with Gasteiger partial charge in [0.05, 0.1) is 17.1 Å². The van der Waals surface area contributed by atoms with Gasteiger partial charge in [0, 0.05) is 36.4 Å². The Morgan fingerprint density at radius 1 is 1.11 bits per heavy atom. The summed E-state index contributed by atoms with van der Waals surface area (Å²) in [7, 11) is 2.85. The van der Waals surface area contributed by atoms with Crippen molar-refractivity contribution in [3.8, 4) is 5.69 Å². The average molecular weight is 584 g/mol. The van der Waals surface area contributed by atoms with Crippen LogP contribution in [0.15, 0.2) is 67.4 Å². The lowest BCUT2D eigenvalue weighted by molar-refractivity contribution is -0.119. The Hall–Kier alpha value is -4.03. The van der Waals surface area contributed by atoms with E-state index in [1.54, 1.807) is 30.3 Å². The molecule has 2 aromatic heterocycles. The van der Waals surface area contributed by atoms with E-state index in [9.17, 15) is 23.6 Å². The molecule has 0 saturated heterocycles. The molecule has 2 aromatic carbocycles. The number of amides is 1. The summed E-state index contributed by atoms with van der Waals surface area (Å²) < 4.78 is 23.7. The van der Waals surface area contributed by atoms with E-state index in [4.69, 9.17) is 4.74 Å². The molecule has 12 heteroatoms. The van der Waals surface area contributed by atoms with Crippen LogP contribution in [0.25, 0.3) is 16.7 Å². The van der Waals surface area contributed by atoms with Gasteiger partial charge < -0.3 is 15.4 Å². The summed E-state index contributed by atoms with van der Waals surface area (Å²) >= 11 is 3.21. The van der Waals surface area contributed by atoms with Crippen LogP contribution in [0.3, 0.4) is 0 Å². The number of aromatic nitrogens is 3. The third-order valence-electron chi connectivity index (χ3n) is 6.23. The van der Waals surface area contributed by atoms with Crippen molar-refractivity contribution < 1.29 is 13.9 Å². The fraction of sp³-hybridized carbons (Fsp3) is 0.231. The molecule has 2 heterocycles. The highest BCUT2D eigenvalue weighted by Crippen LogP contribution is 2.34. The third-order valence-corrected chi connectivity index (χ3v) is 6.72. The molecule has 0 aliphatic heterocycles. The number of halogens is 2. The molecule has 5 rings (SSSR count). The van der Waals surface area contributed by atoms with Crippen molar-refractivity contribution >= 4 is 49.9 Å². The second kappa shape index (κ2) is 10.0. The van der Waals surface area contributed by atoms with Crippen molar-refractivity contribution in [1.82, 2.24) is 13.7 Å². The Balaban J connectivity index is 1.80. The van der Waals surface area contributed by atoms with Crippen LogP contribution in [-0.2, 0) is 16.6 Å². The quantitative estimate of drug-likeness (QED) is 0.344. The first-order valence-corrected chi connectivity index (χ1v) is 12.5. The minimum Gasteiger partial charge on any atom is -0.375 e. The van der Waals surface area contributed by atoms with Crippen LogP contribution in [0.5, 0.6) is 0 Å². The maximum Gasteiger partial charge on any atom is 0.337 e. The Labute approximate surface area is 223 Å². The summed E-state index contributed by atoms with van der Waals surface area (Å²) in [5.74, 6) is -0.983. The zero-order valence-corrected chi connectivity index (χ0v) is 22.0. The number of nitrogens with one attached hydrogen (secondary N) is 2. The van der Waals surface area contributed by atoms with E-state index < -0.39 is 22.6 Å². The molecule has 1 amide bonds. The van der Waals surface area contributed by atoms with E-state index in [-0.39, 0.29) is 41.0 Å². The van der Waals surface area contributed by atoms with Crippen molar-refractivity contribution in [3.05, 3.63) is 90.0 Å². The van der Waals surface area contributed by atoms with Gasteiger partial charge in [0.1, 0.15) is 23.5 Å². The summed E-state index contributed by atoms with van der Waals surface area (Å²) in [6.45, 7) is -0.157. The van der Waals surface area contributed by atoms with Crippen molar-refractivity contribution in [2.45, 2.75) is 18.9 Å². The van der Waals surface area contributed by atoms with Gasteiger partial charge >= 0.3 is 5.69 Å². The minimum absolute atomic E-state index is 0.0322. The first-order valence-electron chi connectivity index (χ1n) is 11.7. The van der Waals surface area contributed by atoms with Crippen LogP contribution in [0, 0.1) is 5.82 Å². The Morgan fingerprint density at radius 2 is 1.87 bits per heavy atom. The predicted molar refractivity (Wildman–Crippen MR) is 145 cm³/mol. The van der Waals surface area contributed by atoms with Gasteiger partial charge in [-0.05, 0) is 49.2 Å². The Morgan fingerprint density at radius 3 is 2.55 bits per heavy atom. The van der Waals surface area contributed by atoms with E-state index in [2.05, 4.69) is 26.6 Å². The number of nitrogens with zero attached hydrogens (tertiary/aromatic N) is 3. The fourth-order valence-electron chi connectivity index (χ4n) is 4.34. The number of ether oxygens (including phenoxy) is 1. The van der Waals surface area contributed by atoms with E-state index in [0.29, 0.717) is 28.7 Å². The highest BCUT2D eigenvalue weighted by molar-refractivity contribution is 9.10. The number of benzene rings is 2. The number of aryl methyl sites for hydroxylation is 1. The summed E-state index contributed by atoms with van der Waals surface area (Å²) in [6, 6.07) is 11.8. The Kier molecular flexibility index (Phi) is 6.76. The van der Waals surface area contributed by atoms with Gasteiger partial charge in [0.2, 0.25) is 5.91 Å². The van der Waals surface area contributed by atoms with Crippen LogP contribution in [-0.4, -0.2) is 33.3 Å². The van der Waals surface area contributed by atoms with Gasteiger partial charge in [-0.25, -0.2) is 13.8 Å². The lowest BCUT2D eigenvalue weighted by atomic mass is 10.2. The molecule has 196 valence electrons. The molecule has 10 nitrogen and oxygen atoms in total. The van der Waals surface area contributed by atoms with Gasteiger partial charge in [0.15, 0.2) is 0 Å². The number of carbonyl (C=O) groups excluding carboxylic acids is 1. The number of pyridine rings is 1. The van der Waals surface area contributed by atoms with Crippen LogP contribution in [0.2, 0.25) is 0 Å². The van der Waals surface area contributed by atoms with Gasteiger partial charge in [-0.15, -0.1) is 0 Å².